The van der Waals surface area contributed by atoms with Crippen molar-refractivity contribution >= 4 is 23.4 Å². The zero-order valence-corrected chi connectivity index (χ0v) is 13.1. The molecule has 0 spiro atoms. The van der Waals surface area contributed by atoms with Crippen molar-refractivity contribution in [1.29, 1.82) is 0 Å². The number of nitrogen functional groups attached to an aromatic ring is 1. The minimum atomic E-state index is 0.0859. The Morgan fingerprint density at radius 2 is 2.20 bits per heavy atom. The third-order valence-electron chi connectivity index (χ3n) is 2.77. The Labute approximate surface area is 125 Å². The largest absolute Gasteiger partial charge is 0.497 e. The first-order valence-corrected chi connectivity index (χ1v) is 7.45. The van der Waals surface area contributed by atoms with Crippen LogP contribution in [0.15, 0.2) is 35.2 Å². The van der Waals surface area contributed by atoms with Gasteiger partial charge in [-0.3, -0.25) is 4.79 Å². The second-order valence-electron chi connectivity index (χ2n) is 4.56. The van der Waals surface area contributed by atoms with Gasteiger partial charge in [0.25, 0.3) is 0 Å². The number of nitrogens with zero attached hydrogens (tertiary/aromatic N) is 1. The predicted molar refractivity (Wildman–Crippen MR) is 85.2 cm³/mol. The Morgan fingerprint density at radius 1 is 1.50 bits per heavy atom. The maximum Gasteiger partial charge on any atom is 0.233 e. The van der Waals surface area contributed by atoms with E-state index in [-0.39, 0.29) is 5.91 Å². The van der Waals surface area contributed by atoms with Crippen LogP contribution < -0.4 is 10.5 Å². The normalized spacial score (nSPS) is 10.2. The average molecular weight is 294 g/mol. The van der Waals surface area contributed by atoms with Gasteiger partial charge in [-0.05, 0) is 32.0 Å². The van der Waals surface area contributed by atoms with Crippen molar-refractivity contribution in [3.63, 3.8) is 0 Å². The molecule has 0 saturated carbocycles. The number of carbonyl (C=O) groups is 1. The van der Waals surface area contributed by atoms with Crippen molar-refractivity contribution in [2.75, 3.05) is 31.7 Å². The summed E-state index contributed by atoms with van der Waals surface area (Å²) in [5.74, 6) is 1.18. The van der Waals surface area contributed by atoms with Gasteiger partial charge in [-0.1, -0.05) is 12.2 Å². The van der Waals surface area contributed by atoms with E-state index < -0.39 is 0 Å². The van der Waals surface area contributed by atoms with E-state index in [9.17, 15) is 4.79 Å². The molecule has 0 aromatic heterocycles. The highest BCUT2D eigenvalue weighted by atomic mass is 32.2. The van der Waals surface area contributed by atoms with Crippen molar-refractivity contribution in [2.45, 2.75) is 18.7 Å². The zero-order chi connectivity index (χ0) is 15.1. The molecular formula is C15H22N2O2S. The Balaban J connectivity index is 2.66. The van der Waals surface area contributed by atoms with Crippen LogP contribution in [0.5, 0.6) is 5.75 Å². The smallest absolute Gasteiger partial charge is 0.233 e. The van der Waals surface area contributed by atoms with E-state index in [0.717, 1.165) is 16.2 Å². The summed E-state index contributed by atoms with van der Waals surface area (Å²) in [6.07, 6.45) is 0. The second-order valence-corrected chi connectivity index (χ2v) is 5.57. The lowest BCUT2D eigenvalue weighted by Gasteiger charge is -2.21. The summed E-state index contributed by atoms with van der Waals surface area (Å²) in [5, 5.41) is 0. The third kappa shape index (κ3) is 4.81. The van der Waals surface area contributed by atoms with Gasteiger partial charge in [0.2, 0.25) is 5.91 Å². The number of amides is 1. The Bertz CT molecular complexity index is 489. The summed E-state index contributed by atoms with van der Waals surface area (Å²) < 4.78 is 5.16. The van der Waals surface area contributed by atoms with Crippen LogP contribution in [-0.2, 0) is 4.79 Å². The summed E-state index contributed by atoms with van der Waals surface area (Å²) in [5.41, 5.74) is 7.54. The predicted octanol–water partition coefficient (Wildman–Crippen LogP) is 2.79. The molecule has 0 saturated heterocycles. The first kappa shape index (κ1) is 16.4. The number of likely N-dealkylation sites (N-methyl/N-ethyl adjacent to an activating group) is 1. The summed E-state index contributed by atoms with van der Waals surface area (Å²) in [6.45, 7) is 9.01. The van der Waals surface area contributed by atoms with E-state index in [4.69, 9.17) is 10.5 Å². The number of hydrogen-bond acceptors (Lipinski definition) is 4. The fourth-order valence-corrected chi connectivity index (χ4v) is 2.60. The summed E-state index contributed by atoms with van der Waals surface area (Å²) in [7, 11) is 1.61. The first-order valence-electron chi connectivity index (χ1n) is 6.46. The van der Waals surface area contributed by atoms with Crippen LogP contribution >= 0.6 is 11.8 Å². The van der Waals surface area contributed by atoms with Crippen LogP contribution in [0.4, 0.5) is 5.69 Å². The van der Waals surface area contributed by atoms with Gasteiger partial charge in [-0.15, -0.1) is 11.8 Å². The minimum Gasteiger partial charge on any atom is -0.497 e. The molecule has 0 aliphatic carbocycles. The molecule has 4 nitrogen and oxygen atoms in total. The number of carbonyl (C=O) groups excluding carboxylic acids is 1. The van der Waals surface area contributed by atoms with Gasteiger partial charge < -0.3 is 15.4 Å². The number of methoxy groups -OCH3 is 1. The average Bonchev–Trinajstić information content (AvgIpc) is 2.43. The number of thioether (sulfide) groups is 1. The molecule has 20 heavy (non-hydrogen) atoms. The lowest BCUT2D eigenvalue weighted by Crippen LogP contribution is -2.33. The number of rotatable bonds is 7. The van der Waals surface area contributed by atoms with Crippen LogP contribution in [0, 0.1) is 0 Å². The van der Waals surface area contributed by atoms with Crippen LogP contribution in [0.1, 0.15) is 13.8 Å². The van der Waals surface area contributed by atoms with Crippen LogP contribution in [0.25, 0.3) is 0 Å². The molecule has 0 aliphatic rings. The van der Waals surface area contributed by atoms with Crippen LogP contribution in [0.2, 0.25) is 0 Å². The molecular weight excluding hydrogens is 272 g/mol. The molecule has 1 amide bonds. The van der Waals surface area contributed by atoms with Crippen molar-refractivity contribution in [2.24, 2.45) is 0 Å². The monoisotopic (exact) mass is 294 g/mol. The van der Waals surface area contributed by atoms with E-state index in [1.807, 2.05) is 19.9 Å². The van der Waals surface area contributed by atoms with Gasteiger partial charge in [-0.25, -0.2) is 0 Å². The Kier molecular flexibility index (Phi) is 6.45. The summed E-state index contributed by atoms with van der Waals surface area (Å²) in [4.78, 5) is 14.8. The molecule has 110 valence electrons. The number of ether oxygens (including phenoxy) is 1. The van der Waals surface area contributed by atoms with Crippen molar-refractivity contribution in [3.8, 4) is 5.75 Å². The van der Waals surface area contributed by atoms with Crippen molar-refractivity contribution < 1.29 is 9.53 Å². The zero-order valence-electron chi connectivity index (χ0n) is 12.3. The standard InChI is InChI=1S/C15H22N2O2S/c1-5-17(9-11(2)3)15(18)10-20-14-8-12(19-4)6-7-13(14)16/h6-8H,2,5,9-10,16H2,1,3-4H3. The van der Waals surface area contributed by atoms with E-state index in [1.165, 1.54) is 11.8 Å². The highest BCUT2D eigenvalue weighted by Crippen LogP contribution is 2.29. The molecule has 1 rings (SSSR count). The Morgan fingerprint density at radius 3 is 2.75 bits per heavy atom. The van der Waals surface area contributed by atoms with Gasteiger partial charge in [0, 0.05) is 23.7 Å². The molecule has 0 fully saturated rings. The van der Waals surface area contributed by atoms with Gasteiger partial charge in [0.15, 0.2) is 0 Å². The van der Waals surface area contributed by atoms with Gasteiger partial charge in [0.1, 0.15) is 5.75 Å². The molecule has 5 heteroatoms. The highest BCUT2D eigenvalue weighted by Gasteiger charge is 2.13. The van der Waals surface area contributed by atoms with E-state index in [2.05, 4.69) is 6.58 Å². The quantitative estimate of drug-likeness (QED) is 0.477. The van der Waals surface area contributed by atoms with Crippen molar-refractivity contribution in [1.82, 2.24) is 4.90 Å². The second kappa shape index (κ2) is 7.85. The SMILES string of the molecule is C=C(C)CN(CC)C(=O)CSc1cc(OC)ccc1N. The van der Waals surface area contributed by atoms with Gasteiger partial charge >= 0.3 is 0 Å². The lowest BCUT2D eigenvalue weighted by molar-refractivity contribution is -0.127. The van der Waals surface area contributed by atoms with E-state index in [1.54, 1.807) is 24.1 Å². The van der Waals surface area contributed by atoms with E-state index >= 15 is 0 Å². The van der Waals surface area contributed by atoms with Crippen LogP contribution in [-0.4, -0.2) is 36.8 Å². The lowest BCUT2D eigenvalue weighted by atomic mass is 10.3. The Hall–Kier alpha value is -1.62. The molecule has 2 N–H and O–H groups in total. The topological polar surface area (TPSA) is 55.6 Å². The molecule has 1 aromatic rings. The molecule has 0 atom stereocenters. The number of anilines is 1. The van der Waals surface area contributed by atoms with Crippen molar-refractivity contribution in [3.05, 3.63) is 30.4 Å². The number of hydrogen-bond donors (Lipinski definition) is 1. The number of benzene rings is 1. The molecule has 0 aliphatic heterocycles. The maximum absolute atomic E-state index is 12.1. The molecule has 0 radical (unpaired) electrons. The maximum atomic E-state index is 12.1. The van der Waals surface area contributed by atoms with Gasteiger partial charge in [-0.2, -0.15) is 0 Å². The summed E-state index contributed by atoms with van der Waals surface area (Å²) in [6, 6.07) is 5.44. The first-order chi connectivity index (χ1) is 9.47. The fourth-order valence-electron chi connectivity index (χ4n) is 1.70. The summed E-state index contributed by atoms with van der Waals surface area (Å²) >= 11 is 1.43. The van der Waals surface area contributed by atoms with E-state index in [0.29, 0.717) is 24.5 Å². The van der Waals surface area contributed by atoms with Gasteiger partial charge in [0.05, 0.1) is 12.9 Å². The minimum absolute atomic E-state index is 0.0859. The fraction of sp³-hybridized carbons (Fsp3) is 0.400. The molecule has 0 bridgehead atoms. The highest BCUT2D eigenvalue weighted by molar-refractivity contribution is 8.00. The van der Waals surface area contributed by atoms with Crippen LogP contribution in [0.3, 0.4) is 0 Å². The molecule has 1 aromatic carbocycles. The third-order valence-corrected chi connectivity index (χ3v) is 3.82. The number of nitrogens with two attached hydrogens (primary N) is 1. The molecule has 0 heterocycles. The molecule has 0 unspecified atom stereocenters.